The van der Waals surface area contributed by atoms with Gasteiger partial charge in [-0.25, -0.2) is 0 Å². The SMILES string of the molecule is CN1C(=O)c2ccccc2[C@@H]2C=C(O[Si](C)(C)C(C)(C)C)[C@H]1C2. The number of benzene rings is 1. The van der Waals surface area contributed by atoms with Gasteiger partial charge in [0.05, 0.1) is 11.8 Å². The van der Waals surface area contributed by atoms with Crippen LogP contribution in [0, 0.1) is 0 Å². The molecule has 23 heavy (non-hydrogen) atoms. The average molecular weight is 330 g/mol. The maximum absolute atomic E-state index is 12.8. The van der Waals surface area contributed by atoms with E-state index in [1.807, 2.05) is 30.1 Å². The second-order valence-electron chi connectivity index (χ2n) is 8.29. The highest BCUT2D eigenvalue weighted by Crippen LogP contribution is 2.45. The van der Waals surface area contributed by atoms with E-state index in [0.29, 0.717) is 0 Å². The molecule has 0 fully saturated rings. The lowest BCUT2D eigenvalue weighted by Gasteiger charge is -2.39. The monoisotopic (exact) mass is 329 g/mol. The topological polar surface area (TPSA) is 29.5 Å². The van der Waals surface area contributed by atoms with Crippen LogP contribution in [0.2, 0.25) is 18.1 Å². The third-order valence-electron chi connectivity index (χ3n) is 5.73. The molecule has 0 radical (unpaired) electrons. The van der Waals surface area contributed by atoms with E-state index in [1.54, 1.807) is 0 Å². The lowest BCUT2D eigenvalue weighted by atomic mass is 9.94. The second-order valence-corrected chi connectivity index (χ2v) is 13.0. The molecule has 0 saturated heterocycles. The van der Waals surface area contributed by atoms with E-state index in [0.717, 1.165) is 23.3 Å². The molecule has 0 aromatic heterocycles. The van der Waals surface area contributed by atoms with Crippen LogP contribution in [0.25, 0.3) is 0 Å². The van der Waals surface area contributed by atoms with Crippen molar-refractivity contribution in [2.75, 3.05) is 7.05 Å². The van der Waals surface area contributed by atoms with Gasteiger partial charge in [0.25, 0.3) is 5.91 Å². The van der Waals surface area contributed by atoms with Gasteiger partial charge in [0.2, 0.25) is 8.32 Å². The van der Waals surface area contributed by atoms with Gasteiger partial charge >= 0.3 is 0 Å². The van der Waals surface area contributed by atoms with Crippen LogP contribution in [0.15, 0.2) is 36.1 Å². The minimum absolute atomic E-state index is 0.0639. The highest BCUT2D eigenvalue weighted by Gasteiger charge is 2.45. The predicted octanol–water partition coefficient (Wildman–Crippen LogP) is 4.53. The molecule has 0 N–H and O–H groups in total. The summed E-state index contributed by atoms with van der Waals surface area (Å²) in [5.41, 5.74) is 1.98. The van der Waals surface area contributed by atoms with Gasteiger partial charge < -0.3 is 9.33 Å². The van der Waals surface area contributed by atoms with E-state index >= 15 is 0 Å². The summed E-state index contributed by atoms with van der Waals surface area (Å²) in [4.78, 5) is 14.7. The van der Waals surface area contributed by atoms with E-state index in [2.05, 4.69) is 46.0 Å². The quantitative estimate of drug-likeness (QED) is 0.746. The molecule has 0 saturated carbocycles. The molecule has 4 heteroatoms. The van der Waals surface area contributed by atoms with Gasteiger partial charge in [-0.3, -0.25) is 4.79 Å². The summed E-state index contributed by atoms with van der Waals surface area (Å²) >= 11 is 0. The van der Waals surface area contributed by atoms with Gasteiger partial charge in [0.1, 0.15) is 0 Å². The minimum atomic E-state index is -1.90. The van der Waals surface area contributed by atoms with Crippen molar-refractivity contribution >= 4 is 14.2 Å². The predicted molar refractivity (Wildman–Crippen MR) is 96.0 cm³/mol. The molecule has 2 aliphatic rings. The van der Waals surface area contributed by atoms with Crippen molar-refractivity contribution in [3.05, 3.63) is 47.2 Å². The van der Waals surface area contributed by atoms with Gasteiger partial charge in [0, 0.05) is 18.5 Å². The summed E-state index contributed by atoms with van der Waals surface area (Å²) in [5, 5.41) is 0.154. The fourth-order valence-corrected chi connectivity index (χ4v) is 4.30. The largest absolute Gasteiger partial charge is 0.545 e. The maximum atomic E-state index is 12.8. The molecule has 1 heterocycles. The first kappa shape index (κ1) is 16.3. The average Bonchev–Trinajstić information content (AvgIpc) is 2.83. The molecule has 1 aromatic rings. The van der Waals surface area contributed by atoms with E-state index in [4.69, 9.17) is 4.43 Å². The standard InChI is InChI=1S/C19H27NO2Si/c1-19(2,3)23(5,6)22-17-12-13-11-16(17)20(4)18(21)15-10-8-7-9-14(13)15/h7-10,12-13,16H,11H2,1-6H3/t13-,16+/m0/s1. The maximum Gasteiger partial charge on any atom is 0.254 e. The second kappa shape index (κ2) is 5.23. The van der Waals surface area contributed by atoms with Crippen LogP contribution in [0.1, 0.15) is 49.0 Å². The minimum Gasteiger partial charge on any atom is -0.545 e. The highest BCUT2D eigenvalue weighted by atomic mass is 28.4. The number of amides is 1. The number of carbonyl (C=O) groups excluding carboxylic acids is 1. The third kappa shape index (κ3) is 2.63. The van der Waals surface area contributed by atoms with E-state index in [-0.39, 0.29) is 22.9 Å². The summed E-state index contributed by atoms with van der Waals surface area (Å²) in [6.45, 7) is 11.3. The fraction of sp³-hybridized carbons (Fsp3) is 0.526. The molecule has 124 valence electrons. The van der Waals surface area contributed by atoms with Crippen molar-refractivity contribution in [1.29, 1.82) is 0 Å². The third-order valence-corrected chi connectivity index (χ3v) is 10.1. The molecule has 3 rings (SSSR count). The van der Waals surface area contributed by atoms with Crippen LogP contribution < -0.4 is 0 Å². The van der Waals surface area contributed by atoms with Gasteiger partial charge in [-0.05, 0) is 42.3 Å². The van der Waals surface area contributed by atoms with Crippen LogP contribution in [0.5, 0.6) is 0 Å². The zero-order chi connectivity index (χ0) is 17.0. The lowest BCUT2D eigenvalue weighted by Crippen LogP contribution is -2.44. The van der Waals surface area contributed by atoms with Gasteiger partial charge in [0.15, 0.2) is 0 Å². The number of nitrogens with zero attached hydrogens (tertiary/aromatic N) is 1. The number of allylic oxidation sites excluding steroid dienone is 1. The highest BCUT2D eigenvalue weighted by molar-refractivity contribution is 6.74. The Morgan fingerprint density at radius 1 is 1.22 bits per heavy atom. The normalized spacial score (nSPS) is 24.2. The summed E-state index contributed by atoms with van der Waals surface area (Å²) < 4.78 is 6.57. The van der Waals surface area contributed by atoms with E-state index in [1.165, 1.54) is 0 Å². The molecule has 2 bridgehead atoms. The van der Waals surface area contributed by atoms with Gasteiger partial charge in [-0.1, -0.05) is 39.0 Å². The van der Waals surface area contributed by atoms with Crippen molar-refractivity contribution in [3.8, 4) is 0 Å². The number of hydrogen-bond donors (Lipinski definition) is 0. The Morgan fingerprint density at radius 2 is 1.87 bits per heavy atom. The Morgan fingerprint density at radius 3 is 2.52 bits per heavy atom. The molecule has 1 amide bonds. The Balaban J connectivity index is 2.00. The molecule has 1 aromatic carbocycles. The summed E-state index contributed by atoms with van der Waals surface area (Å²) in [6.07, 6.45) is 3.19. The van der Waals surface area contributed by atoms with Crippen molar-refractivity contribution in [1.82, 2.24) is 4.90 Å². The van der Waals surface area contributed by atoms with Crippen LogP contribution in [-0.2, 0) is 4.43 Å². The van der Waals surface area contributed by atoms with Crippen LogP contribution in [0.3, 0.4) is 0 Å². The number of likely N-dealkylation sites (N-methyl/N-ethyl adjacent to an activating group) is 1. The number of hydrogen-bond acceptors (Lipinski definition) is 2. The van der Waals surface area contributed by atoms with Crippen LogP contribution >= 0.6 is 0 Å². The van der Waals surface area contributed by atoms with Crippen LogP contribution in [0.4, 0.5) is 0 Å². The first-order valence-electron chi connectivity index (χ1n) is 8.38. The molecular weight excluding hydrogens is 302 g/mol. The molecule has 2 atom stereocenters. The van der Waals surface area contributed by atoms with Crippen molar-refractivity contribution in [2.24, 2.45) is 0 Å². The molecule has 1 aliphatic heterocycles. The molecule has 0 spiro atoms. The lowest BCUT2D eigenvalue weighted by molar-refractivity contribution is 0.0734. The smallest absolute Gasteiger partial charge is 0.254 e. The Hall–Kier alpha value is -1.55. The number of fused-ring (bicyclic) bond motifs is 4. The van der Waals surface area contributed by atoms with Crippen molar-refractivity contribution in [2.45, 2.75) is 57.3 Å². The first-order chi connectivity index (χ1) is 10.6. The summed E-state index contributed by atoms with van der Waals surface area (Å²) in [5.74, 6) is 1.40. The first-order valence-corrected chi connectivity index (χ1v) is 11.3. The Bertz CT molecular complexity index is 672. The zero-order valence-electron chi connectivity index (χ0n) is 15.0. The molecule has 1 aliphatic carbocycles. The summed E-state index contributed by atoms with van der Waals surface area (Å²) in [6, 6.07) is 8.05. The number of rotatable bonds is 2. The molecule has 3 nitrogen and oxygen atoms in total. The van der Waals surface area contributed by atoms with Gasteiger partial charge in [-0.2, -0.15) is 0 Å². The molecule has 0 unspecified atom stereocenters. The Labute approximate surface area is 140 Å². The van der Waals surface area contributed by atoms with Crippen molar-refractivity contribution < 1.29 is 9.22 Å². The fourth-order valence-electron chi connectivity index (χ4n) is 3.20. The van der Waals surface area contributed by atoms with Crippen LogP contribution in [-0.4, -0.2) is 32.2 Å². The van der Waals surface area contributed by atoms with E-state index in [9.17, 15) is 4.79 Å². The zero-order valence-corrected chi connectivity index (χ0v) is 16.0. The summed E-state index contributed by atoms with van der Waals surface area (Å²) in [7, 11) is 0.00739. The molecular formula is C19H27NO2Si. The Kier molecular flexibility index (Phi) is 3.71. The van der Waals surface area contributed by atoms with E-state index < -0.39 is 8.32 Å². The number of carbonyl (C=O) groups is 1. The van der Waals surface area contributed by atoms with Crippen molar-refractivity contribution in [3.63, 3.8) is 0 Å². The van der Waals surface area contributed by atoms with Gasteiger partial charge in [-0.15, -0.1) is 0 Å².